The van der Waals surface area contributed by atoms with Crippen LogP contribution in [0.2, 0.25) is 0 Å². The summed E-state index contributed by atoms with van der Waals surface area (Å²) in [5.41, 5.74) is 2.60. The first-order valence-corrected chi connectivity index (χ1v) is 8.27. The molecule has 0 unspecified atom stereocenters. The van der Waals surface area contributed by atoms with E-state index in [0.717, 1.165) is 18.3 Å². The zero-order valence-corrected chi connectivity index (χ0v) is 12.9. The Balaban J connectivity index is 1.97. The lowest BCUT2D eigenvalue weighted by molar-refractivity contribution is 0.649. The molecule has 0 fully saturated rings. The topological polar surface area (TPSA) is 15.6 Å². The van der Waals surface area contributed by atoms with E-state index in [1.54, 1.807) is 11.8 Å². The molecule has 0 radical (unpaired) electrons. The fraction of sp³-hybridized carbons (Fsp3) is 0.188. The van der Waals surface area contributed by atoms with E-state index in [1.807, 2.05) is 17.4 Å². The van der Waals surface area contributed by atoms with Crippen LogP contribution in [0.5, 0.6) is 0 Å². The molecule has 0 saturated carbocycles. The van der Waals surface area contributed by atoms with Crippen molar-refractivity contribution in [3.8, 4) is 0 Å². The highest BCUT2D eigenvalue weighted by molar-refractivity contribution is 8.17. The lowest BCUT2D eigenvalue weighted by Crippen LogP contribution is -2.20. The number of rotatable bonds is 2. The number of amidine groups is 1. The summed E-state index contributed by atoms with van der Waals surface area (Å²) in [6, 6.07) is 8.82. The molecule has 4 rings (SSSR count). The second kappa shape index (κ2) is 4.50. The van der Waals surface area contributed by atoms with Crippen molar-refractivity contribution in [1.82, 2.24) is 4.90 Å². The second-order valence-corrected chi connectivity index (χ2v) is 7.18. The first kappa shape index (κ1) is 12.2. The molecular formula is C16H14N2S2. The number of hydrogen-bond donors (Lipinski definition) is 0. The van der Waals surface area contributed by atoms with Gasteiger partial charge >= 0.3 is 0 Å². The van der Waals surface area contributed by atoms with Gasteiger partial charge < -0.3 is 4.90 Å². The summed E-state index contributed by atoms with van der Waals surface area (Å²) in [6.45, 7) is 8.02. The predicted molar refractivity (Wildman–Crippen MR) is 90.3 cm³/mol. The Morgan fingerprint density at radius 3 is 3.15 bits per heavy atom. The average Bonchev–Trinajstić information content (AvgIpc) is 3.09. The normalized spacial score (nSPS) is 17.9. The molecule has 2 aliphatic rings. The zero-order valence-electron chi connectivity index (χ0n) is 11.2. The predicted octanol–water partition coefficient (Wildman–Crippen LogP) is 4.48. The number of thiophene rings is 1. The van der Waals surface area contributed by atoms with Crippen molar-refractivity contribution in [2.75, 3.05) is 13.1 Å². The van der Waals surface area contributed by atoms with Gasteiger partial charge in [0.2, 0.25) is 0 Å². The molecule has 2 aliphatic heterocycles. The monoisotopic (exact) mass is 298 g/mol. The van der Waals surface area contributed by atoms with Gasteiger partial charge in [-0.3, -0.25) is 4.99 Å². The molecule has 2 aromatic rings. The third-order valence-corrected chi connectivity index (χ3v) is 5.83. The number of allylic oxidation sites excluding steroid dienone is 1. The maximum absolute atomic E-state index is 4.58. The number of nitrogens with zero attached hydrogens (tertiary/aromatic N) is 2. The van der Waals surface area contributed by atoms with Gasteiger partial charge in [-0.2, -0.15) is 0 Å². The van der Waals surface area contributed by atoms with Crippen molar-refractivity contribution in [3.63, 3.8) is 0 Å². The number of benzene rings is 1. The Morgan fingerprint density at radius 2 is 2.30 bits per heavy atom. The van der Waals surface area contributed by atoms with Crippen LogP contribution in [-0.2, 0) is 0 Å². The minimum absolute atomic E-state index is 0.899. The Bertz CT molecular complexity index is 783. The molecule has 2 nitrogen and oxygen atoms in total. The minimum Gasteiger partial charge on any atom is -0.317 e. The summed E-state index contributed by atoms with van der Waals surface area (Å²) < 4.78 is 1.37. The first-order valence-electron chi connectivity index (χ1n) is 6.64. The molecule has 0 spiro atoms. The number of fused-ring (bicyclic) bond motifs is 2. The molecule has 100 valence electrons. The largest absolute Gasteiger partial charge is 0.317 e. The molecule has 0 saturated heterocycles. The second-order valence-electron chi connectivity index (χ2n) is 4.92. The van der Waals surface area contributed by atoms with Crippen LogP contribution < -0.4 is 0 Å². The number of aliphatic imine (C=N–C) groups is 1. The van der Waals surface area contributed by atoms with Crippen LogP contribution in [-0.4, -0.2) is 23.2 Å². The molecule has 0 bridgehead atoms. The van der Waals surface area contributed by atoms with E-state index in [-0.39, 0.29) is 0 Å². The summed E-state index contributed by atoms with van der Waals surface area (Å²) in [4.78, 5) is 9.49. The molecule has 3 heterocycles. The highest BCUT2D eigenvalue weighted by Gasteiger charge is 2.32. The van der Waals surface area contributed by atoms with Gasteiger partial charge in [-0.15, -0.1) is 11.3 Å². The van der Waals surface area contributed by atoms with Gasteiger partial charge in [0, 0.05) is 26.6 Å². The first-order chi connectivity index (χ1) is 9.78. The van der Waals surface area contributed by atoms with Crippen molar-refractivity contribution in [2.24, 2.45) is 4.99 Å². The fourth-order valence-electron chi connectivity index (χ4n) is 2.80. The number of aryl methyl sites for hydroxylation is 1. The van der Waals surface area contributed by atoms with Crippen LogP contribution in [0, 0.1) is 6.92 Å². The quantitative estimate of drug-likeness (QED) is 0.812. The highest BCUT2D eigenvalue weighted by Crippen LogP contribution is 2.44. The van der Waals surface area contributed by atoms with E-state index in [1.165, 1.54) is 31.1 Å². The van der Waals surface area contributed by atoms with E-state index in [2.05, 4.69) is 47.7 Å². The fourth-order valence-corrected chi connectivity index (χ4v) is 4.87. The van der Waals surface area contributed by atoms with Crippen LogP contribution in [0.1, 0.15) is 10.4 Å². The lowest BCUT2D eigenvalue weighted by Gasteiger charge is -2.17. The molecule has 0 aliphatic carbocycles. The Kier molecular flexibility index (Phi) is 2.75. The standard InChI is InChI=1S/C16H14N2S2/c1-3-13-14(18-8-7-17-16(18)20-13)12-6-4-5-11-9-10(2)19-15(11)12/h3-6,9H,1,7-8H2,2H3. The van der Waals surface area contributed by atoms with Gasteiger partial charge in [0.05, 0.1) is 12.2 Å². The van der Waals surface area contributed by atoms with Crippen molar-refractivity contribution in [1.29, 1.82) is 0 Å². The molecule has 4 heteroatoms. The summed E-state index contributed by atoms with van der Waals surface area (Å²) >= 11 is 3.61. The van der Waals surface area contributed by atoms with Gasteiger partial charge in [-0.25, -0.2) is 0 Å². The van der Waals surface area contributed by atoms with E-state index in [0.29, 0.717) is 0 Å². The lowest BCUT2D eigenvalue weighted by atomic mass is 10.1. The van der Waals surface area contributed by atoms with Crippen molar-refractivity contribution >= 4 is 44.0 Å². The third kappa shape index (κ3) is 1.68. The van der Waals surface area contributed by atoms with Gasteiger partial charge in [0.25, 0.3) is 0 Å². The average molecular weight is 298 g/mol. The van der Waals surface area contributed by atoms with Crippen LogP contribution in [0.3, 0.4) is 0 Å². The zero-order chi connectivity index (χ0) is 13.7. The maximum Gasteiger partial charge on any atom is 0.168 e. The molecular weight excluding hydrogens is 284 g/mol. The molecule has 1 aromatic carbocycles. The van der Waals surface area contributed by atoms with E-state index in [9.17, 15) is 0 Å². The Morgan fingerprint density at radius 1 is 1.40 bits per heavy atom. The number of hydrogen-bond acceptors (Lipinski definition) is 4. The smallest absolute Gasteiger partial charge is 0.168 e. The minimum atomic E-state index is 0.899. The van der Waals surface area contributed by atoms with Crippen LogP contribution in [0.25, 0.3) is 15.8 Å². The third-order valence-electron chi connectivity index (χ3n) is 3.61. The van der Waals surface area contributed by atoms with Gasteiger partial charge in [0.15, 0.2) is 5.17 Å². The summed E-state index contributed by atoms with van der Waals surface area (Å²) in [5.74, 6) is 0. The Hall–Kier alpha value is -1.52. The van der Waals surface area contributed by atoms with Crippen LogP contribution >= 0.6 is 23.1 Å². The molecule has 0 amide bonds. The highest BCUT2D eigenvalue weighted by atomic mass is 32.2. The maximum atomic E-state index is 4.58. The van der Waals surface area contributed by atoms with Gasteiger partial charge in [0.1, 0.15) is 0 Å². The summed E-state index contributed by atoms with van der Waals surface area (Å²) in [6.07, 6.45) is 1.96. The van der Waals surface area contributed by atoms with Crippen molar-refractivity contribution in [3.05, 3.63) is 52.3 Å². The molecule has 0 atom stereocenters. The Labute approximate surface area is 126 Å². The van der Waals surface area contributed by atoms with E-state index in [4.69, 9.17) is 0 Å². The summed E-state index contributed by atoms with van der Waals surface area (Å²) in [7, 11) is 0. The number of thioether (sulfide) groups is 1. The molecule has 0 N–H and O–H groups in total. The van der Waals surface area contributed by atoms with Gasteiger partial charge in [-0.05, 0) is 30.1 Å². The molecule has 1 aromatic heterocycles. The molecule has 20 heavy (non-hydrogen) atoms. The van der Waals surface area contributed by atoms with Crippen LogP contribution in [0.4, 0.5) is 0 Å². The summed E-state index contributed by atoms with van der Waals surface area (Å²) in [5, 5.41) is 2.45. The van der Waals surface area contributed by atoms with E-state index < -0.39 is 0 Å². The van der Waals surface area contributed by atoms with Crippen molar-refractivity contribution in [2.45, 2.75) is 6.92 Å². The van der Waals surface area contributed by atoms with Crippen LogP contribution in [0.15, 0.2) is 46.8 Å². The SMILES string of the molecule is C=CC1=C(c2cccc3cc(C)sc23)N2CCN=C2S1. The van der Waals surface area contributed by atoms with Gasteiger partial charge in [-0.1, -0.05) is 30.9 Å². The van der Waals surface area contributed by atoms with Crippen molar-refractivity contribution < 1.29 is 0 Å². The van der Waals surface area contributed by atoms with E-state index >= 15 is 0 Å².